The van der Waals surface area contributed by atoms with Crippen LogP contribution in [0.1, 0.15) is 50.5 Å². The Bertz CT molecular complexity index is 3040. The van der Waals surface area contributed by atoms with Crippen LogP contribution in [0.4, 0.5) is 17.5 Å². The first-order valence-corrected chi connectivity index (χ1v) is 23.0. The molecule has 6 heterocycles. The standard InChI is InChI=1S/C57H51N9O3/c1-37-46(31-61-52-25-7-19-43(64-52)34-67-49-22-4-13-40-16-10-28-58-55(40)49)38(2)48(33-63-54-27-9-21-45(66-54)36-69-51-24-6-15-42-18-12-30-60-57(42)51)39(3)47(37)32-62-53-26-8-20-44(65-53)35-68-50-23-5-14-41-17-11-29-59-56(41)50/h4-30H,31-36H2,1-3H3,(H,61,64)(H,62,65)(H,63,66). The van der Waals surface area contributed by atoms with Gasteiger partial charge in [0, 0.05) is 54.4 Å². The highest BCUT2D eigenvalue weighted by atomic mass is 16.5. The number of hydrogen-bond donors (Lipinski definition) is 3. The summed E-state index contributed by atoms with van der Waals surface area (Å²) in [5.41, 5.74) is 12.1. The number of nitrogens with one attached hydrogen (secondary N) is 3. The molecule has 6 aromatic heterocycles. The quantitative estimate of drug-likeness (QED) is 0.0754. The Hall–Kier alpha value is -8.64. The van der Waals surface area contributed by atoms with Gasteiger partial charge in [-0.3, -0.25) is 15.0 Å². The van der Waals surface area contributed by atoms with Crippen LogP contribution >= 0.6 is 0 Å². The Morgan fingerprint density at radius 1 is 0.348 bits per heavy atom. The SMILES string of the molecule is Cc1c(CNc2cccc(COc3cccc4cccnc34)n2)c(C)c(CNc2cccc(COc3cccc4cccnc34)n2)c(C)c1CNc1cccc(COc2cccc3cccnc23)n1. The van der Waals surface area contributed by atoms with Gasteiger partial charge in [-0.1, -0.05) is 72.8 Å². The van der Waals surface area contributed by atoms with Gasteiger partial charge in [-0.2, -0.15) is 0 Å². The molecule has 12 heteroatoms. The van der Waals surface area contributed by atoms with Crippen molar-refractivity contribution in [3.05, 3.63) is 215 Å². The lowest BCUT2D eigenvalue weighted by Crippen LogP contribution is -2.16. The van der Waals surface area contributed by atoms with Crippen molar-refractivity contribution in [3.8, 4) is 17.2 Å². The average molecular weight is 910 g/mol. The molecule has 4 aromatic carbocycles. The lowest BCUT2D eigenvalue weighted by molar-refractivity contribution is 0.304. The molecule has 0 amide bonds. The molecule has 0 radical (unpaired) electrons. The third-order valence-corrected chi connectivity index (χ3v) is 12.4. The van der Waals surface area contributed by atoms with Crippen LogP contribution in [0.25, 0.3) is 32.7 Å². The number of pyridine rings is 6. The molecule has 0 saturated heterocycles. The number of benzene rings is 4. The second-order valence-electron chi connectivity index (χ2n) is 16.8. The van der Waals surface area contributed by atoms with E-state index in [-0.39, 0.29) is 0 Å². The van der Waals surface area contributed by atoms with Crippen LogP contribution in [-0.4, -0.2) is 29.9 Å². The lowest BCUT2D eigenvalue weighted by Gasteiger charge is -2.24. The third kappa shape index (κ3) is 10.2. The average Bonchev–Trinajstić information content (AvgIpc) is 3.39. The monoisotopic (exact) mass is 909 g/mol. The lowest BCUT2D eigenvalue weighted by atomic mass is 9.87. The molecule has 69 heavy (non-hydrogen) atoms. The van der Waals surface area contributed by atoms with E-state index in [1.165, 1.54) is 33.4 Å². The van der Waals surface area contributed by atoms with E-state index < -0.39 is 0 Å². The fourth-order valence-corrected chi connectivity index (χ4v) is 8.73. The highest BCUT2D eigenvalue weighted by Crippen LogP contribution is 2.31. The Labute approximate surface area is 400 Å². The number of hydrogen-bond acceptors (Lipinski definition) is 12. The smallest absolute Gasteiger partial charge is 0.146 e. The predicted molar refractivity (Wildman–Crippen MR) is 274 cm³/mol. The van der Waals surface area contributed by atoms with E-state index in [2.05, 4.69) is 51.7 Å². The van der Waals surface area contributed by atoms with Crippen LogP contribution < -0.4 is 30.2 Å². The van der Waals surface area contributed by atoms with Crippen molar-refractivity contribution in [2.75, 3.05) is 16.0 Å². The zero-order valence-electron chi connectivity index (χ0n) is 38.7. The molecule has 0 aliphatic carbocycles. The number of nitrogens with zero attached hydrogens (tertiary/aromatic N) is 6. The normalized spacial score (nSPS) is 11.2. The minimum absolute atomic E-state index is 0.308. The Morgan fingerprint density at radius 3 is 0.957 bits per heavy atom. The van der Waals surface area contributed by atoms with Crippen molar-refractivity contribution in [1.29, 1.82) is 0 Å². The van der Waals surface area contributed by atoms with Crippen molar-refractivity contribution in [1.82, 2.24) is 29.9 Å². The Morgan fingerprint density at radius 2 is 0.638 bits per heavy atom. The highest BCUT2D eigenvalue weighted by Gasteiger charge is 2.19. The van der Waals surface area contributed by atoms with Crippen molar-refractivity contribution in [3.63, 3.8) is 0 Å². The molecular weight excluding hydrogens is 859 g/mol. The Kier molecular flexibility index (Phi) is 13.1. The molecule has 12 nitrogen and oxygen atoms in total. The van der Waals surface area contributed by atoms with Gasteiger partial charge in [0.1, 0.15) is 71.1 Å². The van der Waals surface area contributed by atoms with E-state index in [1.54, 1.807) is 18.6 Å². The van der Waals surface area contributed by atoms with E-state index in [0.29, 0.717) is 39.5 Å². The molecule has 0 unspecified atom stereocenters. The van der Waals surface area contributed by atoms with Gasteiger partial charge in [-0.05, 0) is 127 Å². The molecule has 0 bridgehead atoms. The van der Waals surface area contributed by atoms with Gasteiger partial charge in [0.25, 0.3) is 0 Å². The fourth-order valence-electron chi connectivity index (χ4n) is 8.73. The van der Waals surface area contributed by atoms with Gasteiger partial charge < -0.3 is 30.2 Å². The summed E-state index contributed by atoms with van der Waals surface area (Å²) in [4.78, 5) is 28.5. The maximum Gasteiger partial charge on any atom is 0.146 e. The fraction of sp³-hybridized carbons (Fsp3) is 0.158. The molecule has 3 N–H and O–H groups in total. The first kappa shape index (κ1) is 44.2. The first-order valence-electron chi connectivity index (χ1n) is 23.0. The summed E-state index contributed by atoms with van der Waals surface area (Å²) in [7, 11) is 0. The summed E-state index contributed by atoms with van der Waals surface area (Å²) in [6.07, 6.45) is 5.35. The van der Waals surface area contributed by atoms with E-state index in [0.717, 1.165) is 84.5 Å². The molecule has 0 spiro atoms. The van der Waals surface area contributed by atoms with Crippen molar-refractivity contribution in [2.45, 2.75) is 60.2 Å². The maximum absolute atomic E-state index is 6.25. The maximum atomic E-state index is 6.25. The molecule has 0 aliphatic heterocycles. The summed E-state index contributed by atoms with van der Waals surface area (Å²) in [6.45, 7) is 9.21. The van der Waals surface area contributed by atoms with E-state index in [1.807, 2.05) is 146 Å². The van der Waals surface area contributed by atoms with Gasteiger partial charge in [-0.25, -0.2) is 15.0 Å². The number of rotatable bonds is 18. The van der Waals surface area contributed by atoms with Crippen LogP contribution in [0.5, 0.6) is 17.2 Å². The molecule has 0 aliphatic rings. The summed E-state index contributed by atoms with van der Waals surface area (Å²) < 4.78 is 18.7. The molecule has 0 saturated carbocycles. The van der Waals surface area contributed by atoms with Crippen molar-refractivity contribution >= 4 is 50.2 Å². The van der Waals surface area contributed by atoms with Gasteiger partial charge in [0.2, 0.25) is 0 Å². The van der Waals surface area contributed by atoms with Crippen LogP contribution in [0, 0.1) is 20.8 Å². The molecular formula is C57H51N9O3. The van der Waals surface area contributed by atoms with Crippen LogP contribution in [0.3, 0.4) is 0 Å². The van der Waals surface area contributed by atoms with Crippen LogP contribution in [-0.2, 0) is 39.5 Å². The topological polar surface area (TPSA) is 141 Å². The zero-order valence-corrected chi connectivity index (χ0v) is 38.7. The Balaban J connectivity index is 0.875. The van der Waals surface area contributed by atoms with Crippen LogP contribution in [0.15, 0.2) is 164 Å². The van der Waals surface area contributed by atoms with Gasteiger partial charge >= 0.3 is 0 Å². The summed E-state index contributed by atoms with van der Waals surface area (Å²) in [5.74, 6) is 4.46. The minimum Gasteiger partial charge on any atom is -0.485 e. The van der Waals surface area contributed by atoms with E-state index >= 15 is 0 Å². The number of ether oxygens (including phenoxy) is 3. The summed E-state index contributed by atoms with van der Waals surface area (Å²) >= 11 is 0. The van der Waals surface area contributed by atoms with Crippen molar-refractivity contribution < 1.29 is 14.2 Å². The van der Waals surface area contributed by atoms with Crippen molar-refractivity contribution in [2.24, 2.45) is 0 Å². The van der Waals surface area contributed by atoms with E-state index in [4.69, 9.17) is 29.2 Å². The van der Waals surface area contributed by atoms with E-state index in [9.17, 15) is 0 Å². The van der Waals surface area contributed by atoms with Gasteiger partial charge in [0.05, 0.1) is 17.1 Å². The summed E-state index contributed by atoms with van der Waals surface area (Å²) in [6, 6.07) is 47.7. The zero-order chi connectivity index (χ0) is 46.9. The molecule has 342 valence electrons. The van der Waals surface area contributed by atoms with Crippen LogP contribution in [0.2, 0.25) is 0 Å². The van der Waals surface area contributed by atoms with Gasteiger partial charge in [-0.15, -0.1) is 0 Å². The molecule has 0 fully saturated rings. The number of fused-ring (bicyclic) bond motifs is 3. The second kappa shape index (κ2) is 20.5. The second-order valence-corrected chi connectivity index (χ2v) is 16.8. The molecule has 0 atom stereocenters. The highest BCUT2D eigenvalue weighted by molar-refractivity contribution is 5.85. The first-order chi connectivity index (χ1) is 33.9. The van der Waals surface area contributed by atoms with Gasteiger partial charge in [0.15, 0.2) is 0 Å². The summed E-state index contributed by atoms with van der Waals surface area (Å²) in [5, 5.41) is 14.0. The molecule has 10 aromatic rings. The largest absolute Gasteiger partial charge is 0.485 e. The number of aromatic nitrogens is 6. The third-order valence-electron chi connectivity index (χ3n) is 12.4. The number of para-hydroxylation sites is 3. The predicted octanol–water partition coefficient (Wildman–Crippen LogP) is 12.0. The minimum atomic E-state index is 0.308. The molecule has 10 rings (SSSR count). The number of anilines is 3.